The molecule has 1 aromatic heterocycles. The first kappa shape index (κ1) is 19.4. The van der Waals surface area contributed by atoms with Crippen molar-refractivity contribution >= 4 is 23.4 Å². The minimum absolute atomic E-state index is 0.0907. The van der Waals surface area contributed by atoms with E-state index in [1.807, 2.05) is 19.1 Å². The van der Waals surface area contributed by atoms with E-state index in [1.54, 1.807) is 19.1 Å². The van der Waals surface area contributed by atoms with Crippen LogP contribution < -0.4 is 0 Å². The van der Waals surface area contributed by atoms with E-state index in [0.29, 0.717) is 16.3 Å². The third kappa shape index (κ3) is 4.38. The molecule has 0 bridgehead atoms. The molecule has 0 fully saturated rings. The second-order valence-electron chi connectivity index (χ2n) is 5.58. The summed E-state index contributed by atoms with van der Waals surface area (Å²) in [5, 5.41) is 19.8. The number of benzene rings is 1. The summed E-state index contributed by atoms with van der Waals surface area (Å²) in [4.78, 5) is 28.0. The number of nitriles is 1. The van der Waals surface area contributed by atoms with Gasteiger partial charge in [0.15, 0.2) is 11.5 Å². The predicted molar refractivity (Wildman–Crippen MR) is 96.0 cm³/mol. The van der Waals surface area contributed by atoms with E-state index >= 15 is 0 Å². The van der Waals surface area contributed by atoms with Crippen molar-refractivity contribution in [2.45, 2.75) is 26.7 Å². The van der Waals surface area contributed by atoms with Crippen LogP contribution in [0.2, 0.25) is 5.02 Å². The van der Waals surface area contributed by atoms with Gasteiger partial charge in [0.25, 0.3) is 0 Å². The van der Waals surface area contributed by atoms with Gasteiger partial charge in [-0.05, 0) is 32.0 Å². The molecule has 26 heavy (non-hydrogen) atoms. The second-order valence-corrected chi connectivity index (χ2v) is 5.98. The Morgan fingerprint density at radius 2 is 2.04 bits per heavy atom. The number of carbonyl (C=O) groups excluding carboxylic acids is 2. The summed E-state index contributed by atoms with van der Waals surface area (Å²) < 4.78 is 4.78. The SMILES string of the molecule is CCOC(=O)CCC(=O)c1nc(-c2cc(C)ccc2Cl)cc(C#N)c1O. The Kier molecular flexibility index (Phi) is 6.31. The molecule has 0 aliphatic carbocycles. The number of esters is 1. The van der Waals surface area contributed by atoms with Gasteiger partial charge in [-0.3, -0.25) is 9.59 Å². The normalized spacial score (nSPS) is 10.2. The number of hydrogen-bond donors (Lipinski definition) is 1. The number of aryl methyl sites for hydroxylation is 1. The lowest BCUT2D eigenvalue weighted by Gasteiger charge is -2.10. The number of ether oxygens (including phenoxy) is 1. The van der Waals surface area contributed by atoms with Gasteiger partial charge in [-0.25, -0.2) is 4.98 Å². The molecular formula is C19H17ClN2O4. The summed E-state index contributed by atoms with van der Waals surface area (Å²) in [5.74, 6) is -1.58. The van der Waals surface area contributed by atoms with E-state index in [4.69, 9.17) is 16.3 Å². The topological polar surface area (TPSA) is 100 Å². The number of rotatable bonds is 6. The summed E-state index contributed by atoms with van der Waals surface area (Å²) in [6.07, 6.45) is -0.319. The predicted octanol–water partition coefficient (Wildman–Crippen LogP) is 3.81. The zero-order chi connectivity index (χ0) is 19.3. The fraction of sp³-hybridized carbons (Fsp3) is 0.263. The first-order valence-corrected chi connectivity index (χ1v) is 8.34. The van der Waals surface area contributed by atoms with E-state index < -0.39 is 17.5 Å². The molecule has 2 aromatic rings. The number of carbonyl (C=O) groups is 2. The maximum Gasteiger partial charge on any atom is 0.306 e. The lowest BCUT2D eigenvalue weighted by Crippen LogP contribution is -2.10. The number of pyridine rings is 1. The summed E-state index contributed by atoms with van der Waals surface area (Å²) in [6.45, 7) is 3.76. The van der Waals surface area contributed by atoms with Gasteiger partial charge in [0.05, 0.1) is 24.3 Å². The van der Waals surface area contributed by atoms with E-state index in [0.717, 1.165) is 5.56 Å². The Bertz CT molecular complexity index is 903. The average Bonchev–Trinajstić information content (AvgIpc) is 2.62. The van der Waals surface area contributed by atoms with Gasteiger partial charge in [0.1, 0.15) is 11.8 Å². The molecule has 1 heterocycles. The van der Waals surface area contributed by atoms with Gasteiger partial charge < -0.3 is 9.84 Å². The molecule has 0 atom stereocenters. The highest BCUT2D eigenvalue weighted by atomic mass is 35.5. The van der Waals surface area contributed by atoms with Gasteiger partial charge in [0.2, 0.25) is 0 Å². The molecule has 0 spiro atoms. The Labute approximate surface area is 156 Å². The van der Waals surface area contributed by atoms with Crippen LogP contribution in [0, 0.1) is 18.3 Å². The van der Waals surface area contributed by atoms with Crippen LogP contribution >= 0.6 is 11.6 Å². The lowest BCUT2D eigenvalue weighted by atomic mass is 10.0. The Morgan fingerprint density at radius 1 is 1.31 bits per heavy atom. The van der Waals surface area contributed by atoms with Gasteiger partial charge >= 0.3 is 5.97 Å². The van der Waals surface area contributed by atoms with Crippen molar-refractivity contribution in [1.29, 1.82) is 5.26 Å². The fourth-order valence-corrected chi connectivity index (χ4v) is 2.57. The Hall–Kier alpha value is -2.91. The summed E-state index contributed by atoms with van der Waals surface area (Å²) in [7, 11) is 0. The number of halogens is 1. The summed E-state index contributed by atoms with van der Waals surface area (Å²) in [6, 6.07) is 8.50. The molecule has 0 aliphatic rings. The molecule has 0 radical (unpaired) electrons. The molecule has 134 valence electrons. The van der Waals surface area contributed by atoms with Crippen LogP contribution in [0.1, 0.15) is 41.4 Å². The quantitative estimate of drug-likeness (QED) is 0.611. The lowest BCUT2D eigenvalue weighted by molar-refractivity contribution is -0.143. The van der Waals surface area contributed by atoms with Gasteiger partial charge in [-0.1, -0.05) is 23.2 Å². The maximum absolute atomic E-state index is 12.4. The Morgan fingerprint density at radius 3 is 2.69 bits per heavy atom. The van der Waals surface area contributed by atoms with Crippen LogP contribution in [0.5, 0.6) is 5.75 Å². The second kappa shape index (κ2) is 8.45. The maximum atomic E-state index is 12.4. The fourth-order valence-electron chi connectivity index (χ4n) is 2.36. The number of Topliss-reactive ketones (excluding diaryl/α,β-unsaturated/α-hetero) is 1. The largest absolute Gasteiger partial charge is 0.504 e. The summed E-state index contributed by atoms with van der Waals surface area (Å²) in [5.41, 5.74) is 1.41. The highest BCUT2D eigenvalue weighted by Gasteiger charge is 2.21. The number of nitrogens with zero attached hydrogens (tertiary/aromatic N) is 2. The Balaban J connectivity index is 2.44. The molecular weight excluding hydrogens is 356 g/mol. The monoisotopic (exact) mass is 372 g/mol. The molecule has 0 saturated carbocycles. The highest BCUT2D eigenvalue weighted by molar-refractivity contribution is 6.33. The van der Waals surface area contributed by atoms with Crippen molar-refractivity contribution in [3.05, 3.63) is 46.1 Å². The standard InChI is InChI=1S/C19H17ClN2O4/c1-3-26-17(24)7-6-16(23)18-19(25)12(10-21)9-15(22-18)13-8-11(2)4-5-14(13)20/h4-5,8-9,25H,3,6-7H2,1-2H3. The van der Waals surface area contributed by atoms with Crippen LogP contribution in [0.4, 0.5) is 0 Å². The van der Waals surface area contributed by atoms with E-state index in [2.05, 4.69) is 4.98 Å². The first-order chi connectivity index (χ1) is 12.4. The van der Waals surface area contributed by atoms with Crippen LogP contribution in [0.25, 0.3) is 11.3 Å². The summed E-state index contributed by atoms with van der Waals surface area (Å²) >= 11 is 6.20. The number of hydrogen-bond acceptors (Lipinski definition) is 6. The molecule has 0 unspecified atom stereocenters. The molecule has 1 aromatic carbocycles. The molecule has 0 saturated heterocycles. The van der Waals surface area contributed by atoms with Crippen LogP contribution in [-0.4, -0.2) is 28.4 Å². The molecule has 1 N–H and O–H groups in total. The average molecular weight is 373 g/mol. The van der Waals surface area contributed by atoms with Crippen LogP contribution in [-0.2, 0) is 9.53 Å². The van der Waals surface area contributed by atoms with Crippen molar-refractivity contribution in [3.8, 4) is 23.1 Å². The third-order valence-corrected chi connectivity index (χ3v) is 3.97. The van der Waals surface area contributed by atoms with Crippen LogP contribution in [0.15, 0.2) is 24.3 Å². The minimum atomic E-state index is -0.558. The van der Waals surface area contributed by atoms with E-state index in [9.17, 15) is 20.0 Å². The smallest absolute Gasteiger partial charge is 0.306 e. The molecule has 0 amide bonds. The molecule has 0 aliphatic heterocycles. The minimum Gasteiger partial charge on any atom is -0.504 e. The zero-order valence-corrected chi connectivity index (χ0v) is 15.1. The van der Waals surface area contributed by atoms with Crippen molar-refractivity contribution < 1.29 is 19.4 Å². The zero-order valence-electron chi connectivity index (χ0n) is 14.4. The van der Waals surface area contributed by atoms with Gasteiger partial charge in [-0.15, -0.1) is 0 Å². The third-order valence-electron chi connectivity index (χ3n) is 3.64. The van der Waals surface area contributed by atoms with Crippen molar-refractivity contribution in [3.63, 3.8) is 0 Å². The van der Waals surface area contributed by atoms with E-state index in [1.165, 1.54) is 6.07 Å². The number of aromatic nitrogens is 1. The van der Waals surface area contributed by atoms with E-state index in [-0.39, 0.29) is 30.7 Å². The molecule has 7 heteroatoms. The molecule has 2 rings (SSSR count). The highest BCUT2D eigenvalue weighted by Crippen LogP contribution is 2.32. The number of aromatic hydroxyl groups is 1. The van der Waals surface area contributed by atoms with Crippen molar-refractivity contribution in [1.82, 2.24) is 4.98 Å². The van der Waals surface area contributed by atoms with Crippen molar-refractivity contribution in [2.75, 3.05) is 6.61 Å². The first-order valence-electron chi connectivity index (χ1n) is 7.96. The van der Waals surface area contributed by atoms with Crippen molar-refractivity contribution in [2.24, 2.45) is 0 Å². The number of ketones is 1. The molecule has 6 nitrogen and oxygen atoms in total. The van der Waals surface area contributed by atoms with Gasteiger partial charge in [0, 0.05) is 17.0 Å². The van der Waals surface area contributed by atoms with Crippen LogP contribution in [0.3, 0.4) is 0 Å². The van der Waals surface area contributed by atoms with Gasteiger partial charge in [-0.2, -0.15) is 5.26 Å².